The molecular weight excluding hydrogens is 362 g/mol. The van der Waals surface area contributed by atoms with Crippen molar-refractivity contribution in [3.63, 3.8) is 0 Å². The molecule has 0 spiro atoms. The Kier molecular flexibility index (Phi) is 5.58. The third-order valence-corrected chi connectivity index (χ3v) is 5.39. The number of rotatable bonds is 6. The molecule has 0 saturated carbocycles. The van der Waals surface area contributed by atoms with Crippen molar-refractivity contribution < 1.29 is 14.5 Å². The molecule has 1 aromatic heterocycles. The number of carbonyl (C=O) groups excluding carboxylic acids is 1. The van der Waals surface area contributed by atoms with Gasteiger partial charge in [-0.1, -0.05) is 60.2 Å². The average Bonchev–Trinajstić information content (AvgIpc) is 3.43. The van der Waals surface area contributed by atoms with Gasteiger partial charge in [0.2, 0.25) is 0 Å². The van der Waals surface area contributed by atoms with E-state index in [0.717, 1.165) is 17.0 Å². The summed E-state index contributed by atoms with van der Waals surface area (Å²) in [6.07, 6.45) is 2.29. The Hall–Kier alpha value is -3.18. The molecule has 0 saturated heterocycles. The van der Waals surface area contributed by atoms with E-state index < -0.39 is 0 Å². The van der Waals surface area contributed by atoms with Crippen molar-refractivity contribution in [2.45, 2.75) is 32.4 Å². The normalized spacial score (nSPS) is 17.2. The molecule has 5 heteroatoms. The molecule has 1 amide bonds. The standard InChI is InChI=1S/C24H25N3O2/c1-17-10-12-20(13-11-17)21-15-22(23-9-6-14-29-23)27(26-21)24(28)16-25-18(2)19-7-4-3-5-8-19/h3-14,18,22,25H,15-16H2,1-2H3/p+1/t18-,22+/m1/s1. The van der Waals surface area contributed by atoms with Crippen LogP contribution in [-0.4, -0.2) is 23.2 Å². The van der Waals surface area contributed by atoms with Gasteiger partial charge in [0.1, 0.15) is 17.8 Å². The van der Waals surface area contributed by atoms with Crippen LogP contribution in [0.5, 0.6) is 0 Å². The first-order valence-electron chi connectivity index (χ1n) is 10.00. The Morgan fingerprint density at radius 3 is 2.59 bits per heavy atom. The van der Waals surface area contributed by atoms with Crippen LogP contribution >= 0.6 is 0 Å². The summed E-state index contributed by atoms with van der Waals surface area (Å²) in [5.74, 6) is 0.747. The number of aryl methyl sites for hydroxylation is 1. The van der Waals surface area contributed by atoms with E-state index >= 15 is 0 Å². The predicted molar refractivity (Wildman–Crippen MR) is 112 cm³/mol. The van der Waals surface area contributed by atoms with Crippen molar-refractivity contribution in [2.75, 3.05) is 6.54 Å². The molecular formula is C24H26N3O2+. The fraction of sp³-hybridized carbons (Fsp3) is 0.250. The van der Waals surface area contributed by atoms with Crippen LogP contribution in [-0.2, 0) is 4.79 Å². The van der Waals surface area contributed by atoms with Gasteiger partial charge in [-0.2, -0.15) is 5.10 Å². The maximum atomic E-state index is 13.1. The Balaban J connectivity index is 1.51. The van der Waals surface area contributed by atoms with E-state index in [1.54, 1.807) is 11.3 Å². The van der Waals surface area contributed by atoms with Gasteiger partial charge in [0.25, 0.3) is 5.91 Å². The van der Waals surface area contributed by atoms with E-state index in [9.17, 15) is 4.79 Å². The molecule has 29 heavy (non-hydrogen) atoms. The zero-order valence-corrected chi connectivity index (χ0v) is 16.8. The summed E-state index contributed by atoms with van der Waals surface area (Å²) < 4.78 is 5.62. The number of amides is 1. The molecule has 2 aromatic carbocycles. The predicted octanol–water partition coefficient (Wildman–Crippen LogP) is 3.59. The lowest BCUT2D eigenvalue weighted by atomic mass is 10.0. The largest absolute Gasteiger partial charge is 0.467 e. The zero-order valence-electron chi connectivity index (χ0n) is 16.8. The summed E-state index contributed by atoms with van der Waals surface area (Å²) in [6, 6.07) is 22.2. The number of benzene rings is 2. The molecule has 3 aromatic rings. The van der Waals surface area contributed by atoms with E-state index in [-0.39, 0.29) is 18.0 Å². The highest BCUT2D eigenvalue weighted by Crippen LogP contribution is 2.32. The van der Waals surface area contributed by atoms with Crippen molar-refractivity contribution in [1.29, 1.82) is 0 Å². The van der Waals surface area contributed by atoms with Crippen molar-refractivity contribution in [3.8, 4) is 0 Å². The lowest BCUT2D eigenvalue weighted by Gasteiger charge is -2.20. The van der Waals surface area contributed by atoms with Crippen LogP contribution in [0.2, 0.25) is 0 Å². The number of nitrogens with two attached hydrogens (primary N) is 1. The molecule has 2 heterocycles. The molecule has 0 fully saturated rings. The van der Waals surface area contributed by atoms with Gasteiger partial charge in [0.15, 0.2) is 6.54 Å². The summed E-state index contributed by atoms with van der Waals surface area (Å²) in [4.78, 5) is 13.1. The average molecular weight is 388 g/mol. The van der Waals surface area contributed by atoms with Crippen LogP contribution in [0.3, 0.4) is 0 Å². The Bertz CT molecular complexity index is 979. The van der Waals surface area contributed by atoms with Gasteiger partial charge in [-0.15, -0.1) is 0 Å². The van der Waals surface area contributed by atoms with E-state index in [1.165, 1.54) is 11.1 Å². The number of hydrogen-bond acceptors (Lipinski definition) is 3. The smallest absolute Gasteiger partial charge is 0.298 e. The van der Waals surface area contributed by atoms with E-state index in [1.807, 2.05) is 30.3 Å². The monoisotopic (exact) mass is 388 g/mol. The van der Waals surface area contributed by atoms with Crippen molar-refractivity contribution >= 4 is 11.6 Å². The maximum Gasteiger partial charge on any atom is 0.298 e. The van der Waals surface area contributed by atoms with Crippen LogP contribution in [0, 0.1) is 6.92 Å². The van der Waals surface area contributed by atoms with Crippen LogP contribution in [0.25, 0.3) is 0 Å². The first-order chi connectivity index (χ1) is 14.1. The van der Waals surface area contributed by atoms with Gasteiger partial charge >= 0.3 is 0 Å². The van der Waals surface area contributed by atoms with Crippen LogP contribution in [0.4, 0.5) is 0 Å². The quantitative estimate of drug-likeness (QED) is 0.701. The van der Waals surface area contributed by atoms with Crippen molar-refractivity contribution in [2.24, 2.45) is 5.10 Å². The summed E-state index contributed by atoms with van der Waals surface area (Å²) in [5.41, 5.74) is 4.36. The second-order valence-electron chi connectivity index (χ2n) is 7.53. The highest BCUT2D eigenvalue weighted by atomic mass is 16.3. The topological polar surface area (TPSA) is 62.4 Å². The third-order valence-electron chi connectivity index (χ3n) is 5.39. The molecule has 2 atom stereocenters. The Labute approximate surface area is 171 Å². The van der Waals surface area contributed by atoms with Crippen LogP contribution in [0.15, 0.2) is 82.5 Å². The molecule has 1 aliphatic heterocycles. The third kappa shape index (κ3) is 4.30. The second kappa shape index (κ2) is 8.45. The fourth-order valence-electron chi connectivity index (χ4n) is 3.63. The van der Waals surface area contributed by atoms with Gasteiger partial charge in [0, 0.05) is 12.0 Å². The Morgan fingerprint density at radius 2 is 1.90 bits per heavy atom. The highest BCUT2D eigenvalue weighted by molar-refractivity contribution is 6.03. The van der Waals surface area contributed by atoms with E-state index in [4.69, 9.17) is 9.52 Å². The number of hydrazone groups is 1. The lowest BCUT2D eigenvalue weighted by molar-refractivity contribution is -0.683. The van der Waals surface area contributed by atoms with Crippen LogP contribution in [0.1, 0.15) is 47.9 Å². The fourth-order valence-corrected chi connectivity index (χ4v) is 3.63. The summed E-state index contributed by atoms with van der Waals surface area (Å²) >= 11 is 0. The number of carbonyl (C=O) groups is 1. The van der Waals surface area contributed by atoms with Gasteiger partial charge in [-0.3, -0.25) is 4.79 Å². The van der Waals surface area contributed by atoms with Gasteiger partial charge < -0.3 is 9.73 Å². The van der Waals surface area contributed by atoms with Gasteiger partial charge in [0.05, 0.1) is 12.0 Å². The summed E-state index contributed by atoms with van der Waals surface area (Å²) in [5, 5.41) is 8.35. The minimum Gasteiger partial charge on any atom is -0.467 e. The highest BCUT2D eigenvalue weighted by Gasteiger charge is 2.35. The minimum atomic E-state index is -0.200. The molecule has 4 rings (SSSR count). The lowest BCUT2D eigenvalue weighted by Crippen LogP contribution is -2.86. The number of furan rings is 1. The first-order valence-corrected chi connectivity index (χ1v) is 10.00. The molecule has 0 unspecified atom stereocenters. The molecule has 0 aliphatic carbocycles. The molecule has 2 N–H and O–H groups in total. The Morgan fingerprint density at radius 1 is 1.14 bits per heavy atom. The number of hydrogen-bond donors (Lipinski definition) is 1. The first kappa shape index (κ1) is 19.2. The minimum absolute atomic E-state index is 0.0173. The number of quaternary nitrogens is 1. The van der Waals surface area contributed by atoms with Gasteiger partial charge in [-0.05, 0) is 31.5 Å². The van der Waals surface area contributed by atoms with Crippen molar-refractivity contribution in [3.05, 3.63) is 95.4 Å². The van der Waals surface area contributed by atoms with Crippen LogP contribution < -0.4 is 5.32 Å². The van der Waals surface area contributed by atoms with E-state index in [2.05, 4.69) is 55.6 Å². The molecule has 0 bridgehead atoms. The molecule has 5 nitrogen and oxygen atoms in total. The zero-order chi connectivity index (χ0) is 20.2. The molecule has 0 radical (unpaired) electrons. The van der Waals surface area contributed by atoms with Crippen molar-refractivity contribution in [1.82, 2.24) is 5.01 Å². The second-order valence-corrected chi connectivity index (χ2v) is 7.53. The molecule has 1 aliphatic rings. The van der Waals surface area contributed by atoms with E-state index in [0.29, 0.717) is 13.0 Å². The summed E-state index contributed by atoms with van der Waals surface area (Å²) in [7, 11) is 0. The maximum absolute atomic E-state index is 13.1. The van der Waals surface area contributed by atoms with Gasteiger partial charge in [-0.25, -0.2) is 5.01 Å². The summed E-state index contributed by atoms with van der Waals surface area (Å²) in [6.45, 7) is 4.50. The SMILES string of the molecule is Cc1ccc(C2=NN(C(=O)C[NH2+][C@H](C)c3ccccc3)[C@H](c3ccco3)C2)cc1. The number of nitrogens with zero attached hydrogens (tertiary/aromatic N) is 2. The molecule has 148 valence electrons.